The van der Waals surface area contributed by atoms with Crippen LogP contribution in [0.2, 0.25) is 0 Å². The normalized spacial score (nSPS) is 20.8. The van der Waals surface area contributed by atoms with Crippen molar-refractivity contribution in [3.05, 3.63) is 23.3 Å². The smallest absolute Gasteiger partial charge is 0.411 e. The summed E-state index contributed by atoms with van der Waals surface area (Å²) in [4.78, 5) is 23.7. The molecule has 0 heterocycles. The van der Waals surface area contributed by atoms with Gasteiger partial charge in [0, 0.05) is 23.3 Å². The van der Waals surface area contributed by atoms with Gasteiger partial charge in [0.2, 0.25) is 6.40 Å². The third kappa shape index (κ3) is 4.48. The molecule has 14 nitrogen and oxygen atoms in total. The molecule has 3 rings (SSSR count). The fraction of sp³-hybridized carbons (Fsp3) is 0.273. The number of aromatic hydroxyl groups is 6. The average molecular weight is 504 g/mol. The quantitative estimate of drug-likeness (QED) is 0.0386. The van der Waals surface area contributed by atoms with Crippen LogP contribution in [0.25, 0.3) is 0 Å². The number of hydrogen-bond acceptors (Lipinski definition) is 13. The van der Waals surface area contributed by atoms with Crippen LogP contribution in [0.15, 0.2) is 17.1 Å². The number of benzene rings is 2. The molecule has 7 N–H and O–H groups in total. The number of nitrogens with zero attached hydrogens (tertiary/aromatic N) is 1. The van der Waals surface area contributed by atoms with Gasteiger partial charge in [-0.3, -0.25) is 10.2 Å². The molecule has 0 spiro atoms. The summed E-state index contributed by atoms with van der Waals surface area (Å²) in [5.74, 6) is -8.22. The monoisotopic (exact) mass is 504 g/mol. The first kappa shape index (κ1) is 25.9. The molecule has 36 heavy (non-hydrogen) atoms. The Morgan fingerprint density at radius 2 is 1.58 bits per heavy atom. The van der Waals surface area contributed by atoms with Crippen molar-refractivity contribution in [2.75, 3.05) is 11.9 Å². The molecule has 1 fully saturated rings. The van der Waals surface area contributed by atoms with Gasteiger partial charge in [-0.1, -0.05) is 6.42 Å². The van der Waals surface area contributed by atoms with E-state index in [1.165, 1.54) is 6.92 Å². The van der Waals surface area contributed by atoms with E-state index in [-0.39, 0.29) is 6.61 Å². The third-order valence-corrected chi connectivity index (χ3v) is 5.47. The molecule has 2 aromatic carbocycles. The summed E-state index contributed by atoms with van der Waals surface area (Å²) >= 11 is 0. The van der Waals surface area contributed by atoms with Crippen LogP contribution in [0.5, 0.6) is 34.5 Å². The van der Waals surface area contributed by atoms with Gasteiger partial charge in [0.25, 0.3) is 0 Å². The molecule has 14 heteroatoms. The zero-order valence-electron chi connectivity index (χ0n) is 18.4. The standard InChI is InChI=1S/C22H20N2O12/c1-3-34-22(33)24-17-11(28)6-9(26)13(21(17)32)15-18(29)14(19(15)30)12-8(25)5-10(27)16(20(12)31)23-7-36-35-4-2/h2,5-7,14-15,18-19,25-28,31-32H,3H2,1H3,(H,24,33)/q-2. The van der Waals surface area contributed by atoms with E-state index in [0.29, 0.717) is 12.5 Å². The Kier molecular flexibility index (Phi) is 7.37. The first-order chi connectivity index (χ1) is 17.0. The van der Waals surface area contributed by atoms with Crippen LogP contribution >= 0.6 is 0 Å². The Morgan fingerprint density at radius 1 is 1.03 bits per heavy atom. The molecule has 2 unspecified atom stereocenters. The number of phenolic OH excluding ortho intramolecular Hbond substituents is 6. The number of amides is 1. The fourth-order valence-corrected chi connectivity index (χ4v) is 3.94. The lowest BCUT2D eigenvalue weighted by atomic mass is 9.62. The molecule has 0 saturated heterocycles. The molecular weight excluding hydrogens is 484 g/mol. The largest absolute Gasteiger partial charge is 0.851 e. The lowest BCUT2D eigenvalue weighted by molar-refractivity contribution is -0.536. The lowest BCUT2D eigenvalue weighted by Gasteiger charge is -2.61. The van der Waals surface area contributed by atoms with Crippen LogP contribution in [-0.4, -0.2) is 61.9 Å². The van der Waals surface area contributed by atoms with Gasteiger partial charge in [0.1, 0.15) is 34.4 Å². The van der Waals surface area contributed by atoms with Crippen LogP contribution in [0.3, 0.4) is 0 Å². The van der Waals surface area contributed by atoms with E-state index in [1.807, 2.05) is 5.32 Å². The van der Waals surface area contributed by atoms with Crippen LogP contribution in [0.4, 0.5) is 16.2 Å². The maximum atomic E-state index is 13.1. The summed E-state index contributed by atoms with van der Waals surface area (Å²) in [5, 5.41) is 89.8. The summed E-state index contributed by atoms with van der Waals surface area (Å²) in [6.45, 7) is 1.46. The number of carbonyl (C=O) groups excluding carboxylic acids is 1. The van der Waals surface area contributed by atoms with Gasteiger partial charge in [0.15, 0.2) is 17.5 Å². The van der Waals surface area contributed by atoms with Gasteiger partial charge in [-0.2, -0.15) is 0 Å². The number of carbonyl (C=O) groups is 1. The summed E-state index contributed by atoms with van der Waals surface area (Å²) in [6.07, 6.45) is 2.08. The average Bonchev–Trinajstić information content (AvgIpc) is 2.81. The van der Waals surface area contributed by atoms with E-state index < -0.39 is 87.1 Å². The fourth-order valence-electron chi connectivity index (χ4n) is 3.94. The highest BCUT2D eigenvalue weighted by atomic mass is 17.2. The van der Waals surface area contributed by atoms with E-state index in [2.05, 4.69) is 19.5 Å². The molecule has 2 atom stereocenters. The first-order valence-electron chi connectivity index (χ1n) is 10.2. The van der Waals surface area contributed by atoms with Crippen molar-refractivity contribution in [3.8, 4) is 47.0 Å². The minimum Gasteiger partial charge on any atom is -0.851 e. The molecule has 192 valence electrons. The Labute approximate surface area is 202 Å². The van der Waals surface area contributed by atoms with Gasteiger partial charge in [0.05, 0.1) is 6.61 Å². The molecule has 0 bridgehead atoms. The Hall–Kier alpha value is -4.74. The third-order valence-electron chi connectivity index (χ3n) is 5.47. The van der Waals surface area contributed by atoms with E-state index in [0.717, 1.165) is 6.07 Å². The molecule has 1 saturated carbocycles. The van der Waals surface area contributed by atoms with E-state index >= 15 is 0 Å². The molecule has 2 aromatic rings. The number of terminal acetylenes is 1. The predicted octanol–water partition coefficient (Wildman–Crippen LogP) is 0.0261. The molecule has 1 amide bonds. The topological polar surface area (TPSA) is 237 Å². The maximum Gasteiger partial charge on any atom is 0.411 e. The Bertz CT molecular complexity index is 1230. The molecule has 0 aliphatic heterocycles. The second-order valence-electron chi connectivity index (χ2n) is 7.44. The second-order valence-corrected chi connectivity index (χ2v) is 7.44. The predicted molar refractivity (Wildman–Crippen MR) is 116 cm³/mol. The number of hydrogen-bond donors (Lipinski definition) is 7. The van der Waals surface area contributed by atoms with Gasteiger partial charge in [-0.15, -0.1) is 12.2 Å². The number of aliphatic imine (C=N–C) groups is 1. The maximum absolute atomic E-state index is 13.1. The van der Waals surface area contributed by atoms with Crippen LogP contribution in [0.1, 0.15) is 29.9 Å². The highest BCUT2D eigenvalue weighted by molar-refractivity contribution is 5.90. The van der Waals surface area contributed by atoms with E-state index in [1.54, 1.807) is 6.11 Å². The van der Waals surface area contributed by atoms with Crippen molar-refractivity contribution in [2.45, 2.75) is 31.0 Å². The van der Waals surface area contributed by atoms with E-state index in [4.69, 9.17) is 6.42 Å². The summed E-state index contributed by atoms with van der Waals surface area (Å²) in [7, 11) is 0. The molecule has 0 radical (unpaired) electrons. The summed E-state index contributed by atoms with van der Waals surface area (Å²) < 4.78 is 4.66. The summed E-state index contributed by atoms with van der Waals surface area (Å²) in [5.41, 5.74) is -2.30. The number of ether oxygens (including phenoxy) is 1. The number of anilines is 1. The van der Waals surface area contributed by atoms with Crippen LogP contribution in [0, 0.1) is 12.5 Å². The number of phenols is 6. The second kappa shape index (κ2) is 10.3. The number of nitrogens with one attached hydrogen (secondary N) is 1. The van der Waals surface area contributed by atoms with Crippen molar-refractivity contribution in [3.63, 3.8) is 0 Å². The molecule has 1 aliphatic carbocycles. The Morgan fingerprint density at radius 3 is 2.14 bits per heavy atom. The van der Waals surface area contributed by atoms with Gasteiger partial charge in [-0.05, 0) is 18.8 Å². The molecule has 0 aromatic heterocycles. The minimum absolute atomic E-state index is 0.0391. The van der Waals surface area contributed by atoms with Gasteiger partial charge >= 0.3 is 6.09 Å². The first-order valence-corrected chi connectivity index (χ1v) is 10.2. The lowest BCUT2D eigenvalue weighted by Crippen LogP contribution is -2.63. The highest BCUT2D eigenvalue weighted by Crippen LogP contribution is 2.58. The molecular formula is C22H20N2O12-2. The van der Waals surface area contributed by atoms with Crippen molar-refractivity contribution < 1.29 is 60.2 Å². The highest BCUT2D eigenvalue weighted by Gasteiger charge is 2.44. The van der Waals surface area contributed by atoms with Crippen LogP contribution in [-0.2, 0) is 14.5 Å². The van der Waals surface area contributed by atoms with Gasteiger partial charge in [-0.25, -0.2) is 14.7 Å². The van der Waals surface area contributed by atoms with Gasteiger partial charge < -0.3 is 45.6 Å². The minimum atomic E-state index is -1.96. The zero-order chi connectivity index (χ0) is 26.7. The number of rotatable bonds is 7. The molecule has 1 aliphatic rings. The van der Waals surface area contributed by atoms with Crippen molar-refractivity contribution >= 4 is 23.9 Å². The zero-order valence-corrected chi connectivity index (χ0v) is 18.4. The van der Waals surface area contributed by atoms with Crippen molar-refractivity contribution in [1.29, 1.82) is 0 Å². The van der Waals surface area contributed by atoms with E-state index in [9.17, 15) is 45.6 Å². The van der Waals surface area contributed by atoms with Crippen LogP contribution < -0.4 is 15.5 Å². The summed E-state index contributed by atoms with van der Waals surface area (Å²) in [6, 6.07) is 1.44. The van der Waals surface area contributed by atoms with Crippen molar-refractivity contribution in [2.24, 2.45) is 4.99 Å². The Balaban J connectivity index is 1.99. The SMILES string of the molecule is C#COOC=Nc1c(O)cc(O)c(C2C([O-])C(c3c(O)cc(O)c(NC(=O)OCC)c3O)C2[O-])c1O. The van der Waals surface area contributed by atoms with Crippen molar-refractivity contribution in [1.82, 2.24) is 0 Å².